The van der Waals surface area contributed by atoms with Gasteiger partial charge in [-0.05, 0) is 44.1 Å². The van der Waals surface area contributed by atoms with E-state index in [1.165, 1.54) is 25.5 Å². The number of nitrogens with zero attached hydrogens (tertiary/aromatic N) is 1. The van der Waals surface area contributed by atoms with Crippen molar-refractivity contribution in [1.82, 2.24) is 10.2 Å². The zero-order chi connectivity index (χ0) is 13.7. The van der Waals surface area contributed by atoms with Gasteiger partial charge in [-0.1, -0.05) is 12.1 Å². The zero-order valence-corrected chi connectivity index (χ0v) is 11.7. The summed E-state index contributed by atoms with van der Waals surface area (Å²) < 4.78 is 4.69. The number of rotatable bonds is 5. The van der Waals surface area contributed by atoms with Gasteiger partial charge in [0.2, 0.25) is 0 Å². The van der Waals surface area contributed by atoms with Crippen LogP contribution in [-0.2, 0) is 11.3 Å². The Morgan fingerprint density at radius 1 is 1.42 bits per heavy atom. The maximum Gasteiger partial charge on any atom is 0.337 e. The molecule has 4 nitrogen and oxygen atoms in total. The van der Waals surface area contributed by atoms with Gasteiger partial charge in [0.15, 0.2) is 0 Å². The maximum atomic E-state index is 11.3. The van der Waals surface area contributed by atoms with Crippen LogP contribution >= 0.6 is 0 Å². The highest BCUT2D eigenvalue weighted by Crippen LogP contribution is 2.10. The van der Waals surface area contributed by atoms with Crippen molar-refractivity contribution in [3.63, 3.8) is 0 Å². The number of hydrogen-bond donors (Lipinski definition) is 1. The average Bonchev–Trinajstić information content (AvgIpc) is 2.91. The first kappa shape index (κ1) is 14.0. The fraction of sp³-hybridized carbons (Fsp3) is 0.533. The monoisotopic (exact) mass is 262 g/mol. The summed E-state index contributed by atoms with van der Waals surface area (Å²) in [5.74, 6) is -0.282. The number of hydrogen-bond acceptors (Lipinski definition) is 4. The minimum atomic E-state index is -0.282. The van der Waals surface area contributed by atoms with Crippen LogP contribution in [0.1, 0.15) is 28.8 Å². The molecular formula is C15H22N2O2. The van der Waals surface area contributed by atoms with Gasteiger partial charge in [-0.3, -0.25) is 0 Å². The third-order valence-corrected chi connectivity index (χ3v) is 3.52. The lowest BCUT2D eigenvalue weighted by Gasteiger charge is -2.21. The third kappa shape index (κ3) is 4.04. The van der Waals surface area contributed by atoms with Crippen molar-refractivity contribution < 1.29 is 9.53 Å². The largest absolute Gasteiger partial charge is 0.465 e. The number of likely N-dealkylation sites (N-methyl/N-ethyl adjacent to an activating group) is 1. The van der Waals surface area contributed by atoms with E-state index >= 15 is 0 Å². The fourth-order valence-electron chi connectivity index (χ4n) is 2.53. The molecule has 1 atom stereocenters. The van der Waals surface area contributed by atoms with Gasteiger partial charge in [-0.25, -0.2) is 4.79 Å². The van der Waals surface area contributed by atoms with Crippen LogP contribution in [0.3, 0.4) is 0 Å². The van der Waals surface area contributed by atoms with E-state index in [0.717, 1.165) is 19.6 Å². The molecular weight excluding hydrogens is 240 g/mol. The Labute approximate surface area is 114 Å². The molecule has 4 heteroatoms. The van der Waals surface area contributed by atoms with Gasteiger partial charge in [-0.2, -0.15) is 0 Å². The molecule has 0 saturated carbocycles. The highest BCUT2D eigenvalue weighted by molar-refractivity contribution is 5.89. The Kier molecular flexibility index (Phi) is 4.93. The summed E-state index contributed by atoms with van der Waals surface area (Å²) in [5.41, 5.74) is 1.82. The maximum absolute atomic E-state index is 11.3. The Morgan fingerprint density at radius 3 is 2.74 bits per heavy atom. The second kappa shape index (κ2) is 6.68. The number of methoxy groups -OCH3 is 1. The molecule has 0 aliphatic carbocycles. The molecule has 1 aromatic carbocycles. The molecule has 2 rings (SSSR count). The second-order valence-electron chi connectivity index (χ2n) is 5.18. The predicted octanol–water partition coefficient (Wildman–Crippen LogP) is 1.66. The predicted molar refractivity (Wildman–Crippen MR) is 75.1 cm³/mol. The summed E-state index contributed by atoms with van der Waals surface area (Å²) in [5, 5.41) is 3.50. The minimum absolute atomic E-state index is 0.282. The summed E-state index contributed by atoms with van der Waals surface area (Å²) in [7, 11) is 3.53. The van der Waals surface area contributed by atoms with Gasteiger partial charge >= 0.3 is 5.97 Å². The lowest BCUT2D eigenvalue weighted by atomic mass is 10.1. The summed E-state index contributed by atoms with van der Waals surface area (Å²) in [4.78, 5) is 13.7. The van der Waals surface area contributed by atoms with Crippen molar-refractivity contribution in [2.75, 3.05) is 27.2 Å². The zero-order valence-electron chi connectivity index (χ0n) is 11.7. The first-order valence-corrected chi connectivity index (χ1v) is 6.78. The fourth-order valence-corrected chi connectivity index (χ4v) is 2.53. The van der Waals surface area contributed by atoms with Crippen molar-refractivity contribution >= 4 is 5.97 Å². The number of carbonyl (C=O) groups excluding carboxylic acids is 1. The van der Waals surface area contributed by atoms with Crippen molar-refractivity contribution in [1.29, 1.82) is 0 Å². The Hall–Kier alpha value is -1.39. The van der Waals surface area contributed by atoms with Crippen LogP contribution in [-0.4, -0.2) is 44.2 Å². The molecule has 0 spiro atoms. The van der Waals surface area contributed by atoms with Crippen LogP contribution in [0.4, 0.5) is 0 Å². The van der Waals surface area contributed by atoms with E-state index in [1.807, 2.05) is 24.3 Å². The molecule has 0 amide bonds. The van der Waals surface area contributed by atoms with Gasteiger partial charge < -0.3 is 15.0 Å². The van der Waals surface area contributed by atoms with Gasteiger partial charge in [-0.15, -0.1) is 0 Å². The Balaban J connectivity index is 1.86. The molecule has 1 aliphatic heterocycles. The lowest BCUT2D eigenvalue weighted by Crippen LogP contribution is -2.34. The highest BCUT2D eigenvalue weighted by atomic mass is 16.5. The Morgan fingerprint density at radius 2 is 2.16 bits per heavy atom. The van der Waals surface area contributed by atoms with Crippen LogP contribution in [0, 0.1) is 0 Å². The van der Waals surface area contributed by atoms with Gasteiger partial charge in [0.05, 0.1) is 12.7 Å². The number of ether oxygens (including phenoxy) is 1. The first-order valence-electron chi connectivity index (χ1n) is 6.78. The van der Waals surface area contributed by atoms with Crippen molar-refractivity contribution in [2.24, 2.45) is 0 Å². The van der Waals surface area contributed by atoms with Gasteiger partial charge in [0.25, 0.3) is 0 Å². The number of esters is 1. The van der Waals surface area contributed by atoms with E-state index in [0.29, 0.717) is 11.6 Å². The minimum Gasteiger partial charge on any atom is -0.465 e. The van der Waals surface area contributed by atoms with Gasteiger partial charge in [0, 0.05) is 19.1 Å². The number of nitrogens with one attached hydrogen (secondary N) is 1. The standard InChI is InChI=1S/C15H22N2O2/c1-17(11-14-4-3-9-16-14)10-12-5-7-13(8-6-12)15(18)19-2/h5-8,14,16H,3-4,9-11H2,1-2H3. The summed E-state index contributed by atoms with van der Waals surface area (Å²) in [6.07, 6.45) is 2.55. The number of carbonyl (C=O) groups is 1. The molecule has 1 aromatic rings. The van der Waals surface area contributed by atoms with E-state index in [9.17, 15) is 4.79 Å². The second-order valence-corrected chi connectivity index (χ2v) is 5.18. The normalized spacial score (nSPS) is 18.8. The first-order chi connectivity index (χ1) is 9.19. The summed E-state index contributed by atoms with van der Waals surface area (Å²) in [6, 6.07) is 8.25. The van der Waals surface area contributed by atoms with E-state index in [-0.39, 0.29) is 5.97 Å². The quantitative estimate of drug-likeness (QED) is 0.819. The molecule has 0 aromatic heterocycles. The molecule has 1 saturated heterocycles. The van der Waals surface area contributed by atoms with Crippen molar-refractivity contribution in [2.45, 2.75) is 25.4 Å². The molecule has 0 radical (unpaired) electrons. The molecule has 1 fully saturated rings. The SMILES string of the molecule is COC(=O)c1ccc(CN(C)CC2CCCN2)cc1. The van der Waals surface area contributed by atoms with E-state index in [4.69, 9.17) is 0 Å². The topological polar surface area (TPSA) is 41.6 Å². The third-order valence-electron chi connectivity index (χ3n) is 3.52. The van der Waals surface area contributed by atoms with Crippen LogP contribution in [0.5, 0.6) is 0 Å². The molecule has 1 N–H and O–H groups in total. The smallest absolute Gasteiger partial charge is 0.337 e. The van der Waals surface area contributed by atoms with E-state index in [2.05, 4.69) is 22.0 Å². The summed E-state index contributed by atoms with van der Waals surface area (Å²) >= 11 is 0. The lowest BCUT2D eigenvalue weighted by molar-refractivity contribution is 0.0600. The molecule has 19 heavy (non-hydrogen) atoms. The van der Waals surface area contributed by atoms with Crippen molar-refractivity contribution in [3.8, 4) is 0 Å². The Bertz CT molecular complexity index is 411. The van der Waals surface area contributed by atoms with Crippen LogP contribution in [0.15, 0.2) is 24.3 Å². The van der Waals surface area contributed by atoms with E-state index in [1.54, 1.807) is 0 Å². The molecule has 0 bridgehead atoms. The van der Waals surface area contributed by atoms with Crippen LogP contribution in [0.2, 0.25) is 0 Å². The molecule has 1 heterocycles. The molecule has 104 valence electrons. The molecule has 1 unspecified atom stereocenters. The van der Waals surface area contributed by atoms with E-state index < -0.39 is 0 Å². The van der Waals surface area contributed by atoms with Crippen LogP contribution < -0.4 is 5.32 Å². The highest BCUT2D eigenvalue weighted by Gasteiger charge is 2.15. The molecule has 1 aliphatic rings. The van der Waals surface area contributed by atoms with Crippen LogP contribution in [0.25, 0.3) is 0 Å². The van der Waals surface area contributed by atoms with Crippen molar-refractivity contribution in [3.05, 3.63) is 35.4 Å². The number of benzene rings is 1. The van der Waals surface area contributed by atoms with Gasteiger partial charge in [0.1, 0.15) is 0 Å². The average molecular weight is 262 g/mol. The summed E-state index contributed by atoms with van der Waals surface area (Å²) in [6.45, 7) is 3.12.